The summed E-state index contributed by atoms with van der Waals surface area (Å²) in [6.45, 7) is -0.239. The average molecular weight is 251 g/mol. The predicted octanol–water partition coefficient (Wildman–Crippen LogP) is 1.01. The number of ether oxygens (including phenoxy) is 1. The van der Waals surface area contributed by atoms with E-state index in [4.69, 9.17) is 15.6 Å². The van der Waals surface area contributed by atoms with Gasteiger partial charge in [-0.2, -0.15) is 0 Å². The van der Waals surface area contributed by atoms with Crippen molar-refractivity contribution in [3.05, 3.63) is 42.2 Å². The van der Waals surface area contributed by atoms with Gasteiger partial charge in [0.05, 0.1) is 43.7 Å². The second-order valence-corrected chi connectivity index (χ2v) is 3.79. The van der Waals surface area contributed by atoms with E-state index in [1.165, 1.54) is 36.3 Å². The molecule has 96 valence electrons. The molecule has 0 aliphatic rings. The Labute approximate surface area is 104 Å². The van der Waals surface area contributed by atoms with E-state index in [1.807, 2.05) is 0 Å². The second-order valence-electron chi connectivity index (χ2n) is 3.79. The van der Waals surface area contributed by atoms with Crippen LogP contribution in [0.25, 0.3) is 5.69 Å². The zero-order valence-corrected chi connectivity index (χ0v) is 9.88. The lowest BCUT2D eigenvalue weighted by Gasteiger charge is -2.13. The molecule has 0 fully saturated rings. The number of halogens is 1. The van der Waals surface area contributed by atoms with Gasteiger partial charge in [0.25, 0.3) is 0 Å². The highest BCUT2D eigenvalue weighted by Gasteiger charge is 2.14. The first kappa shape index (κ1) is 12.5. The number of aromatic nitrogens is 2. The molecule has 0 saturated carbocycles. The van der Waals surface area contributed by atoms with Gasteiger partial charge in [-0.3, -0.25) is 4.57 Å². The van der Waals surface area contributed by atoms with Gasteiger partial charge in [0, 0.05) is 6.07 Å². The summed E-state index contributed by atoms with van der Waals surface area (Å²) in [6, 6.07) is 3.77. The van der Waals surface area contributed by atoms with Crippen molar-refractivity contribution in [2.75, 3.05) is 13.7 Å². The van der Waals surface area contributed by atoms with Gasteiger partial charge in [0.2, 0.25) is 0 Å². The second kappa shape index (κ2) is 5.16. The minimum absolute atomic E-state index is 0.239. The van der Waals surface area contributed by atoms with Crippen LogP contribution in [0.5, 0.6) is 5.75 Å². The maximum absolute atomic E-state index is 13.8. The lowest BCUT2D eigenvalue weighted by molar-refractivity contribution is 0.265. The average Bonchev–Trinajstić information content (AvgIpc) is 2.87. The molecule has 5 nitrogen and oxygen atoms in total. The van der Waals surface area contributed by atoms with Crippen molar-refractivity contribution < 1.29 is 14.2 Å². The zero-order valence-electron chi connectivity index (χ0n) is 9.88. The number of nitrogens with zero attached hydrogens (tertiary/aromatic N) is 2. The summed E-state index contributed by atoms with van der Waals surface area (Å²) >= 11 is 0. The molecule has 1 unspecified atom stereocenters. The van der Waals surface area contributed by atoms with E-state index in [-0.39, 0.29) is 12.3 Å². The van der Waals surface area contributed by atoms with Crippen molar-refractivity contribution >= 4 is 0 Å². The third-order valence-electron chi connectivity index (χ3n) is 2.66. The number of aliphatic hydroxyl groups is 1. The Kier molecular flexibility index (Phi) is 3.59. The summed E-state index contributed by atoms with van der Waals surface area (Å²) in [7, 11) is 1.51. The van der Waals surface area contributed by atoms with Crippen LogP contribution in [0, 0.1) is 5.82 Å². The highest BCUT2D eigenvalue weighted by atomic mass is 19.1. The van der Waals surface area contributed by atoms with E-state index >= 15 is 0 Å². The molecule has 18 heavy (non-hydrogen) atoms. The van der Waals surface area contributed by atoms with Crippen molar-refractivity contribution in [1.29, 1.82) is 0 Å². The van der Waals surface area contributed by atoms with Crippen molar-refractivity contribution in [2.24, 2.45) is 5.73 Å². The number of rotatable bonds is 4. The Morgan fingerprint density at radius 1 is 1.56 bits per heavy atom. The van der Waals surface area contributed by atoms with Gasteiger partial charge in [-0.1, -0.05) is 0 Å². The Morgan fingerprint density at radius 3 is 3.00 bits per heavy atom. The van der Waals surface area contributed by atoms with Gasteiger partial charge < -0.3 is 15.6 Å². The standard InChI is InChI=1S/C12H14FN3O2/c1-18-8-2-3-9(13)11(4-8)16-7-15-5-12(16)10(14)6-17/h2-5,7,10,17H,6,14H2,1H3. The molecule has 1 atom stereocenters. The molecule has 3 N–H and O–H groups in total. The van der Waals surface area contributed by atoms with Crippen LogP contribution >= 0.6 is 0 Å². The summed E-state index contributed by atoms with van der Waals surface area (Å²) < 4.78 is 20.4. The van der Waals surface area contributed by atoms with Crippen molar-refractivity contribution in [3.63, 3.8) is 0 Å². The summed E-state index contributed by atoms with van der Waals surface area (Å²) in [5.41, 5.74) is 6.55. The molecule has 0 amide bonds. The molecule has 1 aromatic carbocycles. The maximum atomic E-state index is 13.8. The van der Waals surface area contributed by atoms with E-state index in [2.05, 4.69) is 4.98 Å². The van der Waals surface area contributed by atoms with Gasteiger partial charge in [0.15, 0.2) is 0 Å². The topological polar surface area (TPSA) is 73.3 Å². The van der Waals surface area contributed by atoms with Gasteiger partial charge in [-0.15, -0.1) is 0 Å². The summed E-state index contributed by atoms with van der Waals surface area (Å²) in [6.07, 6.45) is 2.95. The molecule has 0 aliphatic heterocycles. The number of aliphatic hydroxyl groups excluding tert-OH is 1. The molecule has 0 spiro atoms. The van der Waals surface area contributed by atoms with E-state index in [1.54, 1.807) is 6.07 Å². The monoisotopic (exact) mass is 251 g/mol. The molecule has 0 bridgehead atoms. The van der Waals surface area contributed by atoms with Gasteiger partial charge in [0.1, 0.15) is 11.6 Å². The SMILES string of the molecule is COc1ccc(F)c(-n2cncc2C(N)CO)c1. The van der Waals surface area contributed by atoms with E-state index in [0.717, 1.165) is 0 Å². The third-order valence-corrected chi connectivity index (χ3v) is 2.66. The fraction of sp³-hybridized carbons (Fsp3) is 0.250. The Hall–Kier alpha value is -1.92. The van der Waals surface area contributed by atoms with Crippen molar-refractivity contribution in [1.82, 2.24) is 9.55 Å². The Balaban J connectivity index is 2.51. The van der Waals surface area contributed by atoms with Crippen molar-refractivity contribution in [3.8, 4) is 11.4 Å². The number of imidazole rings is 1. The van der Waals surface area contributed by atoms with E-state index in [0.29, 0.717) is 11.4 Å². The number of nitrogens with two attached hydrogens (primary N) is 1. The van der Waals surface area contributed by atoms with Crippen LogP contribution in [0.1, 0.15) is 11.7 Å². The Morgan fingerprint density at radius 2 is 2.33 bits per heavy atom. The summed E-state index contributed by atoms with van der Waals surface area (Å²) in [4.78, 5) is 3.93. The lowest BCUT2D eigenvalue weighted by Crippen LogP contribution is -2.18. The van der Waals surface area contributed by atoms with Gasteiger partial charge >= 0.3 is 0 Å². The van der Waals surface area contributed by atoms with Crippen molar-refractivity contribution in [2.45, 2.75) is 6.04 Å². The minimum atomic E-state index is -0.613. The molecular formula is C12H14FN3O2. The van der Waals surface area contributed by atoms with Crippen LogP contribution in [0.4, 0.5) is 4.39 Å². The van der Waals surface area contributed by atoms with Crippen LogP contribution in [0.3, 0.4) is 0 Å². The van der Waals surface area contributed by atoms with E-state index in [9.17, 15) is 4.39 Å². The Bertz CT molecular complexity index is 542. The highest BCUT2D eigenvalue weighted by Crippen LogP contribution is 2.23. The van der Waals surface area contributed by atoms with Gasteiger partial charge in [-0.05, 0) is 12.1 Å². The van der Waals surface area contributed by atoms with E-state index < -0.39 is 11.9 Å². The molecule has 0 saturated heterocycles. The van der Waals surface area contributed by atoms with Crippen LogP contribution < -0.4 is 10.5 Å². The first-order valence-corrected chi connectivity index (χ1v) is 5.40. The van der Waals surface area contributed by atoms with Gasteiger partial charge in [-0.25, -0.2) is 9.37 Å². The molecule has 1 heterocycles. The smallest absolute Gasteiger partial charge is 0.147 e. The minimum Gasteiger partial charge on any atom is -0.497 e. The molecule has 6 heteroatoms. The summed E-state index contributed by atoms with van der Waals surface area (Å²) in [5, 5.41) is 9.06. The fourth-order valence-electron chi connectivity index (χ4n) is 1.68. The zero-order chi connectivity index (χ0) is 13.1. The van der Waals surface area contributed by atoms with Crippen LogP contribution in [-0.2, 0) is 0 Å². The van der Waals surface area contributed by atoms with Crippen LogP contribution in [-0.4, -0.2) is 28.4 Å². The van der Waals surface area contributed by atoms with Crippen LogP contribution in [0.2, 0.25) is 0 Å². The van der Waals surface area contributed by atoms with Crippen LogP contribution in [0.15, 0.2) is 30.7 Å². The lowest BCUT2D eigenvalue weighted by atomic mass is 10.2. The normalized spacial score (nSPS) is 12.4. The molecule has 0 radical (unpaired) electrons. The number of methoxy groups -OCH3 is 1. The molecule has 0 aliphatic carbocycles. The first-order chi connectivity index (χ1) is 8.67. The predicted molar refractivity (Wildman–Crippen MR) is 64.1 cm³/mol. The first-order valence-electron chi connectivity index (χ1n) is 5.40. The summed E-state index contributed by atoms with van der Waals surface area (Å²) in [5.74, 6) is 0.115. The molecular weight excluding hydrogens is 237 g/mol. The number of hydrogen-bond acceptors (Lipinski definition) is 4. The molecule has 2 aromatic rings. The fourth-order valence-corrected chi connectivity index (χ4v) is 1.68. The maximum Gasteiger partial charge on any atom is 0.147 e. The quantitative estimate of drug-likeness (QED) is 0.850. The molecule has 2 rings (SSSR count). The molecule has 1 aromatic heterocycles. The largest absolute Gasteiger partial charge is 0.497 e. The highest BCUT2D eigenvalue weighted by molar-refractivity contribution is 5.42. The number of hydrogen-bond donors (Lipinski definition) is 2. The third kappa shape index (κ3) is 2.20. The number of benzene rings is 1.